The van der Waals surface area contributed by atoms with E-state index in [1.165, 1.54) is 18.2 Å². The number of aromatic nitrogens is 2. The minimum absolute atomic E-state index is 0.332. The van der Waals surface area contributed by atoms with Gasteiger partial charge in [-0.25, -0.2) is 9.83 Å². The van der Waals surface area contributed by atoms with E-state index in [-0.39, 0.29) is 0 Å². The summed E-state index contributed by atoms with van der Waals surface area (Å²) >= 11 is 3.11. The van der Waals surface area contributed by atoms with Crippen molar-refractivity contribution in [3.63, 3.8) is 0 Å². The highest BCUT2D eigenvalue weighted by Gasteiger charge is 2.18. The van der Waals surface area contributed by atoms with Gasteiger partial charge in [-0.1, -0.05) is 49.0 Å². The number of thioether (sulfide) groups is 1. The van der Waals surface area contributed by atoms with E-state index in [1.54, 1.807) is 23.1 Å². The number of methoxy groups -OCH3 is 1. The second-order valence-corrected chi connectivity index (χ2v) is 7.15. The zero-order valence-corrected chi connectivity index (χ0v) is 15.7. The molecule has 0 N–H and O–H groups in total. The van der Waals surface area contributed by atoms with Crippen molar-refractivity contribution in [2.24, 2.45) is 0 Å². The Hall–Kier alpha value is -2.36. The van der Waals surface area contributed by atoms with Crippen molar-refractivity contribution in [3.8, 4) is 16.5 Å². The summed E-state index contributed by atoms with van der Waals surface area (Å²) in [6.07, 6.45) is 1.02. The van der Waals surface area contributed by atoms with E-state index in [0.29, 0.717) is 22.4 Å². The summed E-state index contributed by atoms with van der Waals surface area (Å²) in [6, 6.07) is 12.4. The normalized spacial score (nSPS) is 10.4. The number of hydrogen-bond acceptors (Lipinski definition) is 5. The van der Waals surface area contributed by atoms with Crippen molar-refractivity contribution >= 4 is 28.8 Å². The monoisotopic (exact) mass is 367 g/mol. The van der Waals surface area contributed by atoms with Crippen molar-refractivity contribution in [1.29, 1.82) is 0 Å². The van der Waals surface area contributed by atoms with Crippen LogP contribution < -0.4 is 4.74 Å². The molecule has 0 saturated heterocycles. The number of nitrogens with zero attached hydrogens (tertiary/aromatic N) is 3. The number of ether oxygens (including phenoxy) is 1. The van der Waals surface area contributed by atoms with Gasteiger partial charge in [-0.15, -0.1) is 11.3 Å². The van der Waals surface area contributed by atoms with E-state index in [9.17, 15) is 0 Å². The summed E-state index contributed by atoms with van der Waals surface area (Å²) < 4.78 is 5.33. The largest absolute Gasteiger partial charge is 0.490 e. The van der Waals surface area contributed by atoms with Crippen LogP contribution in [0.2, 0.25) is 0 Å². The van der Waals surface area contributed by atoms with Gasteiger partial charge in [0.25, 0.3) is 5.69 Å². The van der Waals surface area contributed by atoms with Crippen molar-refractivity contribution < 1.29 is 4.74 Å². The summed E-state index contributed by atoms with van der Waals surface area (Å²) in [4.78, 5) is 13.6. The van der Waals surface area contributed by atoms with Crippen LogP contribution in [0.15, 0.2) is 46.9 Å². The van der Waals surface area contributed by atoms with Gasteiger partial charge in [0, 0.05) is 10.6 Å². The Balaban J connectivity index is 1.91. The third-order valence-electron chi connectivity index (χ3n) is 3.66. The van der Waals surface area contributed by atoms with Crippen LogP contribution in [-0.4, -0.2) is 17.1 Å². The first-order valence-electron chi connectivity index (χ1n) is 7.83. The quantitative estimate of drug-likeness (QED) is 0.322. The number of rotatable bonds is 6. The highest BCUT2D eigenvalue weighted by molar-refractivity contribution is 7.98. The van der Waals surface area contributed by atoms with Crippen LogP contribution in [0.3, 0.4) is 0 Å². The number of thiophene rings is 1. The molecule has 3 rings (SSSR count). The SMILES string of the molecule is [C-]#[N+]c1c(OC)nc(SCc2cccc(CC)c2)nc1-c1cccs1. The molecule has 0 aliphatic carbocycles. The molecule has 3 aromatic rings. The lowest BCUT2D eigenvalue weighted by atomic mass is 10.1. The molecule has 0 fully saturated rings. The maximum absolute atomic E-state index is 7.45. The predicted octanol–water partition coefficient (Wildman–Crippen LogP) is 5.62. The molecule has 0 saturated carbocycles. The van der Waals surface area contributed by atoms with Gasteiger partial charge in [0.05, 0.1) is 19.4 Å². The second kappa shape index (κ2) is 8.15. The lowest BCUT2D eigenvalue weighted by molar-refractivity contribution is 0.395. The minimum Gasteiger partial charge on any atom is -0.490 e. The van der Waals surface area contributed by atoms with E-state index < -0.39 is 0 Å². The lowest BCUT2D eigenvalue weighted by Crippen LogP contribution is -1.96. The highest BCUT2D eigenvalue weighted by Crippen LogP contribution is 2.39. The standard InChI is InChI=1S/C19H17N3OS2/c1-4-13-7-5-8-14(11-13)12-25-19-21-16(15-9-6-10-24-15)17(20-2)18(22-19)23-3/h5-11H,4,12H2,1,3H3. The van der Waals surface area contributed by atoms with Crippen LogP contribution in [0, 0.1) is 6.57 Å². The number of benzene rings is 1. The Morgan fingerprint density at radius 3 is 2.72 bits per heavy atom. The molecule has 6 heteroatoms. The summed E-state index contributed by atoms with van der Waals surface area (Å²) in [6.45, 7) is 9.60. The molecule has 0 radical (unpaired) electrons. The van der Waals surface area contributed by atoms with Gasteiger partial charge in [0.1, 0.15) is 0 Å². The van der Waals surface area contributed by atoms with Gasteiger partial charge >= 0.3 is 0 Å². The van der Waals surface area contributed by atoms with Crippen LogP contribution in [0.25, 0.3) is 15.4 Å². The van der Waals surface area contributed by atoms with E-state index in [2.05, 4.69) is 46.0 Å². The first-order chi connectivity index (χ1) is 12.2. The highest BCUT2D eigenvalue weighted by atomic mass is 32.2. The van der Waals surface area contributed by atoms with Gasteiger partial charge in [0.2, 0.25) is 5.88 Å². The van der Waals surface area contributed by atoms with Crippen LogP contribution >= 0.6 is 23.1 Å². The smallest absolute Gasteiger partial charge is 0.273 e. The molecule has 2 aromatic heterocycles. The van der Waals surface area contributed by atoms with Crippen molar-refractivity contribution in [2.45, 2.75) is 24.3 Å². The van der Waals surface area contributed by atoms with Gasteiger partial charge in [-0.3, -0.25) is 0 Å². The fraction of sp³-hybridized carbons (Fsp3) is 0.211. The minimum atomic E-state index is 0.332. The first kappa shape index (κ1) is 17.5. The fourth-order valence-corrected chi connectivity index (χ4v) is 3.89. The molecule has 126 valence electrons. The third kappa shape index (κ3) is 4.01. The molecule has 0 atom stereocenters. The Kier molecular flexibility index (Phi) is 5.69. The van der Waals surface area contributed by atoms with Gasteiger partial charge < -0.3 is 4.74 Å². The molecule has 4 nitrogen and oxygen atoms in total. The van der Waals surface area contributed by atoms with E-state index in [1.807, 2.05) is 17.5 Å². The van der Waals surface area contributed by atoms with Crippen LogP contribution in [0.4, 0.5) is 5.69 Å². The molecular formula is C19H17N3OS2. The van der Waals surface area contributed by atoms with Crippen molar-refractivity contribution in [2.75, 3.05) is 7.11 Å². The average Bonchev–Trinajstić information content (AvgIpc) is 3.20. The van der Waals surface area contributed by atoms with E-state index in [4.69, 9.17) is 11.3 Å². The van der Waals surface area contributed by atoms with Crippen molar-refractivity contribution in [1.82, 2.24) is 9.97 Å². The zero-order valence-electron chi connectivity index (χ0n) is 14.0. The molecule has 25 heavy (non-hydrogen) atoms. The molecule has 0 unspecified atom stereocenters. The Bertz CT molecular complexity index is 902. The number of hydrogen-bond donors (Lipinski definition) is 0. The molecule has 1 aromatic carbocycles. The maximum Gasteiger partial charge on any atom is 0.273 e. The molecular weight excluding hydrogens is 350 g/mol. The third-order valence-corrected chi connectivity index (χ3v) is 5.45. The Morgan fingerprint density at radius 1 is 1.20 bits per heavy atom. The lowest BCUT2D eigenvalue weighted by Gasteiger charge is -2.09. The predicted molar refractivity (Wildman–Crippen MR) is 104 cm³/mol. The summed E-state index contributed by atoms with van der Waals surface area (Å²) in [5.74, 6) is 1.11. The average molecular weight is 367 g/mol. The first-order valence-corrected chi connectivity index (χ1v) is 9.69. The maximum atomic E-state index is 7.45. The second-order valence-electron chi connectivity index (χ2n) is 5.26. The zero-order chi connectivity index (χ0) is 17.6. The summed E-state index contributed by atoms with van der Waals surface area (Å²) in [5, 5.41) is 2.59. The molecule has 0 bridgehead atoms. The van der Waals surface area contributed by atoms with E-state index >= 15 is 0 Å². The van der Waals surface area contributed by atoms with Gasteiger partial charge in [-0.05, 0) is 29.0 Å². The van der Waals surface area contributed by atoms with Gasteiger partial charge in [-0.2, -0.15) is 4.98 Å². The Morgan fingerprint density at radius 2 is 2.04 bits per heavy atom. The molecule has 2 heterocycles. The number of aryl methyl sites for hydroxylation is 1. The van der Waals surface area contributed by atoms with E-state index in [0.717, 1.165) is 17.1 Å². The van der Waals surface area contributed by atoms with Crippen LogP contribution in [0.1, 0.15) is 18.1 Å². The van der Waals surface area contributed by atoms with Crippen LogP contribution in [-0.2, 0) is 12.2 Å². The summed E-state index contributed by atoms with van der Waals surface area (Å²) in [7, 11) is 1.54. The Labute approximate surface area is 155 Å². The molecule has 0 amide bonds. The van der Waals surface area contributed by atoms with Crippen LogP contribution in [0.5, 0.6) is 5.88 Å². The molecule has 0 aliphatic heterocycles. The fourth-order valence-electron chi connectivity index (χ4n) is 2.39. The topological polar surface area (TPSA) is 39.4 Å². The summed E-state index contributed by atoms with van der Waals surface area (Å²) in [5.41, 5.74) is 3.56. The van der Waals surface area contributed by atoms with Gasteiger partial charge in [0.15, 0.2) is 5.16 Å². The molecule has 0 aliphatic rings. The van der Waals surface area contributed by atoms with Crippen molar-refractivity contribution in [3.05, 3.63) is 64.3 Å². The molecule has 0 spiro atoms.